The highest BCUT2D eigenvalue weighted by Gasteiger charge is 2.38. The summed E-state index contributed by atoms with van der Waals surface area (Å²) in [6, 6.07) is 13.1. The molecule has 0 aromatic heterocycles. The molecule has 45 heavy (non-hydrogen) atoms. The van der Waals surface area contributed by atoms with E-state index in [0.717, 1.165) is 5.56 Å². The number of alkyl carbamates (subject to hydrolysis) is 1. The van der Waals surface area contributed by atoms with E-state index in [4.69, 9.17) is 23.7 Å². The zero-order chi connectivity index (χ0) is 32.9. The van der Waals surface area contributed by atoms with Gasteiger partial charge in [-0.15, -0.1) is 0 Å². The molecule has 0 bridgehead atoms. The van der Waals surface area contributed by atoms with Crippen molar-refractivity contribution in [2.75, 3.05) is 39.5 Å². The standard InChI is InChI=1S/C33H48N2O9S/c1-31(2,3)44-30(37)34-26(20-24-10-8-7-9-11-24)27(36)22-35(23-32(4,5)14-15-33(6)42-18-19-43-33)45(38,39)25-12-13-28-29(21-25)41-17-16-40-28/h7-13,21,26-27,36H,14-20,22-23H2,1-6H3,(H,34,37)/t26-,27?/m0/s1. The van der Waals surface area contributed by atoms with Gasteiger partial charge in [-0.1, -0.05) is 44.2 Å². The third kappa shape index (κ3) is 10.0. The summed E-state index contributed by atoms with van der Waals surface area (Å²) in [6.45, 7) is 12.6. The molecule has 1 unspecified atom stereocenters. The molecule has 1 saturated heterocycles. The fraction of sp³-hybridized carbons (Fsp3) is 0.606. The van der Waals surface area contributed by atoms with Crippen LogP contribution in [0.3, 0.4) is 0 Å². The molecule has 12 heteroatoms. The van der Waals surface area contributed by atoms with Gasteiger partial charge >= 0.3 is 6.09 Å². The molecule has 2 N–H and O–H groups in total. The number of carbonyl (C=O) groups is 1. The van der Waals surface area contributed by atoms with E-state index in [0.29, 0.717) is 50.8 Å². The van der Waals surface area contributed by atoms with Crippen LogP contribution < -0.4 is 14.8 Å². The molecular weight excluding hydrogens is 600 g/mol. The number of hydrogen-bond acceptors (Lipinski definition) is 9. The van der Waals surface area contributed by atoms with Crippen LogP contribution in [0.15, 0.2) is 53.4 Å². The molecule has 0 aliphatic carbocycles. The number of ether oxygens (including phenoxy) is 5. The molecule has 0 saturated carbocycles. The molecule has 1 amide bonds. The van der Waals surface area contributed by atoms with E-state index in [9.17, 15) is 18.3 Å². The number of rotatable bonds is 13. The van der Waals surface area contributed by atoms with Crippen LogP contribution in [0.2, 0.25) is 0 Å². The summed E-state index contributed by atoms with van der Waals surface area (Å²) in [5.74, 6) is 0.0922. The fourth-order valence-electron chi connectivity index (χ4n) is 5.35. The van der Waals surface area contributed by atoms with Crippen molar-refractivity contribution in [3.8, 4) is 11.5 Å². The fourth-order valence-corrected chi connectivity index (χ4v) is 7.01. The van der Waals surface area contributed by atoms with Crippen molar-refractivity contribution in [3.05, 3.63) is 54.1 Å². The van der Waals surface area contributed by atoms with Crippen LogP contribution in [-0.4, -0.2) is 87.0 Å². The molecule has 2 heterocycles. The van der Waals surface area contributed by atoms with Gasteiger partial charge in [0, 0.05) is 25.6 Å². The first-order valence-electron chi connectivity index (χ1n) is 15.4. The number of hydrogen-bond donors (Lipinski definition) is 2. The number of carbonyl (C=O) groups excluding carboxylic acids is 1. The molecule has 2 aromatic carbocycles. The highest BCUT2D eigenvalue weighted by atomic mass is 32.2. The van der Waals surface area contributed by atoms with Crippen LogP contribution in [-0.2, 0) is 30.7 Å². The Hall–Kier alpha value is -2.90. The van der Waals surface area contributed by atoms with E-state index in [-0.39, 0.29) is 24.4 Å². The predicted molar refractivity (Wildman–Crippen MR) is 169 cm³/mol. The van der Waals surface area contributed by atoms with Crippen LogP contribution in [0.4, 0.5) is 4.79 Å². The molecule has 1 fully saturated rings. The normalized spacial score (nSPS) is 18.0. The third-order valence-corrected chi connectivity index (χ3v) is 9.57. The van der Waals surface area contributed by atoms with E-state index in [1.807, 2.05) is 51.1 Å². The quantitative estimate of drug-likeness (QED) is 0.322. The SMILES string of the molecule is CC(C)(CCC1(C)OCCO1)CN(CC(O)[C@H](Cc1ccccc1)NC(=O)OC(C)(C)C)S(=O)(=O)c1ccc2c(c1)OCCO2. The summed E-state index contributed by atoms with van der Waals surface area (Å²) < 4.78 is 58.2. The minimum absolute atomic E-state index is 0.0175. The maximum absolute atomic E-state index is 14.3. The lowest BCUT2D eigenvalue weighted by molar-refractivity contribution is -0.151. The van der Waals surface area contributed by atoms with Gasteiger partial charge < -0.3 is 34.1 Å². The Balaban J connectivity index is 1.62. The van der Waals surface area contributed by atoms with Gasteiger partial charge in [-0.25, -0.2) is 13.2 Å². The van der Waals surface area contributed by atoms with E-state index < -0.39 is 45.1 Å². The van der Waals surface area contributed by atoms with Gasteiger partial charge in [-0.05, 0) is 63.6 Å². The summed E-state index contributed by atoms with van der Waals surface area (Å²) in [5, 5.41) is 14.5. The minimum atomic E-state index is -4.15. The van der Waals surface area contributed by atoms with E-state index in [1.54, 1.807) is 26.8 Å². The van der Waals surface area contributed by atoms with Crippen LogP contribution in [0.5, 0.6) is 11.5 Å². The Morgan fingerprint density at radius 3 is 2.29 bits per heavy atom. The second-order valence-corrected chi connectivity index (χ2v) is 15.5. The minimum Gasteiger partial charge on any atom is -0.486 e. The number of sulfonamides is 1. The first-order valence-corrected chi connectivity index (χ1v) is 16.9. The molecule has 0 spiro atoms. The lowest BCUT2D eigenvalue weighted by Gasteiger charge is -2.36. The van der Waals surface area contributed by atoms with Gasteiger partial charge in [0.2, 0.25) is 10.0 Å². The summed E-state index contributed by atoms with van der Waals surface area (Å²) >= 11 is 0. The summed E-state index contributed by atoms with van der Waals surface area (Å²) in [5.41, 5.74) is -0.427. The van der Waals surface area contributed by atoms with Crippen molar-refractivity contribution in [1.29, 1.82) is 0 Å². The molecule has 250 valence electrons. The van der Waals surface area contributed by atoms with Gasteiger partial charge in [-0.2, -0.15) is 4.31 Å². The zero-order valence-electron chi connectivity index (χ0n) is 27.2. The number of aliphatic hydroxyl groups is 1. The Bertz CT molecular complexity index is 1390. The number of aliphatic hydroxyl groups excluding tert-OH is 1. The average molecular weight is 649 g/mol. The smallest absolute Gasteiger partial charge is 0.407 e. The number of amides is 1. The van der Waals surface area contributed by atoms with E-state index in [1.165, 1.54) is 16.4 Å². The maximum Gasteiger partial charge on any atom is 0.407 e. The average Bonchev–Trinajstić information content (AvgIpc) is 3.41. The lowest BCUT2D eigenvalue weighted by atomic mass is 9.86. The monoisotopic (exact) mass is 648 g/mol. The largest absolute Gasteiger partial charge is 0.486 e. The van der Waals surface area contributed by atoms with E-state index >= 15 is 0 Å². The molecular formula is C33H48N2O9S. The summed E-state index contributed by atoms with van der Waals surface area (Å²) in [7, 11) is -4.15. The van der Waals surface area contributed by atoms with Crippen LogP contribution in [0.1, 0.15) is 59.9 Å². The van der Waals surface area contributed by atoms with Crippen LogP contribution >= 0.6 is 0 Å². The molecule has 4 rings (SSSR count). The molecule has 2 aliphatic rings. The van der Waals surface area contributed by atoms with Crippen molar-refractivity contribution in [1.82, 2.24) is 9.62 Å². The highest BCUT2D eigenvalue weighted by molar-refractivity contribution is 7.89. The second-order valence-electron chi connectivity index (χ2n) is 13.6. The predicted octanol–water partition coefficient (Wildman–Crippen LogP) is 4.51. The topological polar surface area (TPSA) is 133 Å². The van der Waals surface area contributed by atoms with Gasteiger partial charge in [0.1, 0.15) is 18.8 Å². The van der Waals surface area contributed by atoms with Gasteiger partial charge in [-0.3, -0.25) is 0 Å². The number of nitrogens with zero attached hydrogens (tertiary/aromatic N) is 1. The Morgan fingerprint density at radius 1 is 1.00 bits per heavy atom. The van der Waals surface area contributed by atoms with Gasteiger partial charge in [0.05, 0.1) is 30.3 Å². The highest BCUT2D eigenvalue weighted by Crippen LogP contribution is 2.36. The lowest BCUT2D eigenvalue weighted by Crippen LogP contribution is -2.52. The maximum atomic E-state index is 14.3. The summed E-state index contributed by atoms with van der Waals surface area (Å²) in [4.78, 5) is 12.9. The van der Waals surface area contributed by atoms with Crippen molar-refractivity contribution < 1.29 is 42.0 Å². The van der Waals surface area contributed by atoms with Crippen molar-refractivity contribution in [2.24, 2.45) is 5.41 Å². The first kappa shape index (κ1) is 35.0. The third-order valence-electron chi connectivity index (χ3n) is 7.77. The molecule has 11 nitrogen and oxygen atoms in total. The number of benzene rings is 2. The first-order chi connectivity index (χ1) is 21.1. The van der Waals surface area contributed by atoms with E-state index in [2.05, 4.69) is 5.32 Å². The Morgan fingerprint density at radius 2 is 1.64 bits per heavy atom. The molecule has 2 aliphatic heterocycles. The summed E-state index contributed by atoms with van der Waals surface area (Å²) in [6.07, 6.45) is -0.558. The number of nitrogens with one attached hydrogen (secondary N) is 1. The Kier molecular flexibility index (Phi) is 11.1. The van der Waals surface area contributed by atoms with Crippen LogP contribution in [0.25, 0.3) is 0 Å². The molecule has 2 atom stereocenters. The molecule has 0 radical (unpaired) electrons. The zero-order valence-corrected chi connectivity index (χ0v) is 28.0. The van der Waals surface area contributed by atoms with Gasteiger partial charge in [0.15, 0.2) is 17.3 Å². The molecule has 2 aromatic rings. The van der Waals surface area contributed by atoms with Crippen molar-refractivity contribution >= 4 is 16.1 Å². The van der Waals surface area contributed by atoms with Crippen molar-refractivity contribution in [3.63, 3.8) is 0 Å². The second kappa shape index (κ2) is 14.3. The number of fused-ring (bicyclic) bond motifs is 1. The Labute approximate surface area is 267 Å². The van der Waals surface area contributed by atoms with Crippen molar-refractivity contribution in [2.45, 2.75) is 89.2 Å². The van der Waals surface area contributed by atoms with Crippen LogP contribution in [0, 0.1) is 5.41 Å². The van der Waals surface area contributed by atoms with Gasteiger partial charge in [0.25, 0.3) is 0 Å².